The van der Waals surface area contributed by atoms with E-state index in [1.165, 1.54) is 6.07 Å². The van der Waals surface area contributed by atoms with Gasteiger partial charge in [-0.05, 0) is 0 Å². The minimum atomic E-state index is -1.53. The van der Waals surface area contributed by atoms with Crippen LogP contribution in [0.15, 0.2) is 18.2 Å². The van der Waals surface area contributed by atoms with Crippen LogP contribution in [0.5, 0.6) is 0 Å². The predicted molar refractivity (Wildman–Crippen MR) is 42.4 cm³/mol. The first-order valence-electron chi connectivity index (χ1n) is 3.18. The molecule has 0 unspecified atom stereocenters. The molecule has 5 nitrogen and oxygen atoms in total. The number of nitro benzene ring substituents is 1. The molecule has 1 rings (SSSR count). The number of nitrogens with zero attached hydrogens (tertiary/aromatic N) is 1. The Morgan fingerprint density at radius 1 is 1.46 bits per heavy atom. The molecule has 0 aliphatic carbocycles. The van der Waals surface area contributed by atoms with Gasteiger partial charge in [0.2, 0.25) is 0 Å². The van der Waals surface area contributed by atoms with Crippen molar-refractivity contribution in [3.8, 4) is 0 Å². The number of carbonyl (C=O) groups excluding carboxylic acids is 1. The van der Waals surface area contributed by atoms with Crippen LogP contribution in [-0.4, -0.2) is 10.9 Å². The van der Waals surface area contributed by atoms with Gasteiger partial charge in [0.1, 0.15) is 5.02 Å². The molecule has 0 amide bonds. The Hall–Kier alpha value is -1.62. The summed E-state index contributed by atoms with van der Waals surface area (Å²) in [5.41, 5.74) is -0.820. The Labute approximate surface area is 77.7 Å². The summed E-state index contributed by atoms with van der Waals surface area (Å²) in [4.78, 5) is 19.9. The van der Waals surface area contributed by atoms with Gasteiger partial charge in [-0.2, -0.15) is 0 Å². The summed E-state index contributed by atoms with van der Waals surface area (Å²) in [6, 6.07) is 3.49. The third-order valence-electron chi connectivity index (χ3n) is 1.39. The number of aromatic carboxylic acids is 1. The van der Waals surface area contributed by atoms with E-state index in [2.05, 4.69) is 0 Å². The predicted octanol–water partition coefficient (Wildman–Crippen LogP) is 0.612. The quantitative estimate of drug-likeness (QED) is 0.517. The highest BCUT2D eigenvalue weighted by Gasteiger charge is 2.15. The molecule has 0 atom stereocenters. The molecular weight excluding hydrogens is 198 g/mol. The van der Waals surface area contributed by atoms with Gasteiger partial charge in [0, 0.05) is 11.6 Å². The number of carbonyl (C=O) groups is 1. The molecule has 6 heteroatoms. The number of benzene rings is 1. The maximum Gasteiger partial charge on any atom is 0.288 e. The maximum atomic E-state index is 10.4. The van der Waals surface area contributed by atoms with E-state index in [0.717, 1.165) is 12.1 Å². The number of halogens is 1. The number of hydrogen-bond acceptors (Lipinski definition) is 4. The van der Waals surface area contributed by atoms with E-state index in [1.807, 2.05) is 0 Å². The van der Waals surface area contributed by atoms with Gasteiger partial charge in [0.25, 0.3) is 5.69 Å². The largest absolute Gasteiger partial charge is 0.545 e. The molecule has 13 heavy (non-hydrogen) atoms. The summed E-state index contributed by atoms with van der Waals surface area (Å²) in [5, 5.41) is 20.3. The van der Waals surface area contributed by atoms with E-state index in [4.69, 9.17) is 11.6 Å². The molecule has 0 aliphatic heterocycles. The van der Waals surface area contributed by atoms with Gasteiger partial charge >= 0.3 is 0 Å². The zero-order valence-electron chi connectivity index (χ0n) is 6.19. The van der Waals surface area contributed by atoms with E-state index in [-0.39, 0.29) is 5.56 Å². The highest BCUT2D eigenvalue weighted by atomic mass is 35.5. The molecule has 0 spiro atoms. The van der Waals surface area contributed by atoms with Crippen molar-refractivity contribution in [2.24, 2.45) is 0 Å². The minimum Gasteiger partial charge on any atom is -0.545 e. The van der Waals surface area contributed by atoms with Crippen LogP contribution >= 0.6 is 11.6 Å². The van der Waals surface area contributed by atoms with Crippen LogP contribution in [-0.2, 0) is 0 Å². The molecule has 0 bridgehead atoms. The monoisotopic (exact) mass is 200 g/mol. The Kier molecular flexibility index (Phi) is 2.48. The van der Waals surface area contributed by atoms with Crippen LogP contribution in [0.25, 0.3) is 0 Å². The number of hydrogen-bond donors (Lipinski definition) is 0. The number of rotatable bonds is 2. The first-order valence-corrected chi connectivity index (χ1v) is 3.56. The van der Waals surface area contributed by atoms with Gasteiger partial charge in [0.05, 0.1) is 10.9 Å². The Morgan fingerprint density at radius 2 is 2.08 bits per heavy atom. The molecule has 0 heterocycles. The summed E-state index contributed by atoms with van der Waals surface area (Å²) in [5.74, 6) is -1.53. The van der Waals surface area contributed by atoms with Crippen molar-refractivity contribution in [3.63, 3.8) is 0 Å². The van der Waals surface area contributed by atoms with E-state index in [1.54, 1.807) is 0 Å². The fraction of sp³-hybridized carbons (Fsp3) is 0. The number of carboxylic acid groups (broad SMARTS) is 1. The second-order valence-corrected chi connectivity index (χ2v) is 2.56. The highest BCUT2D eigenvalue weighted by molar-refractivity contribution is 6.35. The second-order valence-electron chi connectivity index (χ2n) is 2.18. The zero-order valence-corrected chi connectivity index (χ0v) is 6.95. The number of carboxylic acids is 1. The fourth-order valence-corrected chi connectivity index (χ4v) is 1.09. The molecule has 0 N–H and O–H groups in total. The standard InChI is InChI=1S/C7H4ClNO4/c8-6-4(7(10)11)2-1-3-5(6)9(12)13/h1-3H,(H,10,11)/p-1. The van der Waals surface area contributed by atoms with E-state index in [0.29, 0.717) is 0 Å². The lowest BCUT2D eigenvalue weighted by atomic mass is 10.2. The first-order chi connectivity index (χ1) is 6.04. The van der Waals surface area contributed by atoms with Crippen LogP contribution in [0.4, 0.5) is 5.69 Å². The smallest absolute Gasteiger partial charge is 0.288 e. The van der Waals surface area contributed by atoms with Crippen molar-refractivity contribution in [1.29, 1.82) is 0 Å². The lowest BCUT2D eigenvalue weighted by molar-refractivity contribution is -0.384. The van der Waals surface area contributed by atoms with Gasteiger partial charge < -0.3 is 9.90 Å². The van der Waals surface area contributed by atoms with Crippen LogP contribution in [0.3, 0.4) is 0 Å². The van der Waals surface area contributed by atoms with Crippen LogP contribution in [0.2, 0.25) is 5.02 Å². The van der Waals surface area contributed by atoms with Crippen LogP contribution in [0.1, 0.15) is 10.4 Å². The molecule has 0 saturated heterocycles. The van der Waals surface area contributed by atoms with Gasteiger partial charge in [-0.25, -0.2) is 0 Å². The van der Waals surface area contributed by atoms with Crippen molar-refractivity contribution in [2.45, 2.75) is 0 Å². The third kappa shape index (κ3) is 1.75. The first kappa shape index (κ1) is 9.47. The van der Waals surface area contributed by atoms with Gasteiger partial charge in [-0.1, -0.05) is 23.7 Å². The van der Waals surface area contributed by atoms with Gasteiger partial charge in [-0.3, -0.25) is 10.1 Å². The fourth-order valence-electron chi connectivity index (χ4n) is 0.818. The SMILES string of the molecule is O=C([O-])c1cccc([N+](=O)[O-])c1Cl. The van der Waals surface area contributed by atoms with E-state index >= 15 is 0 Å². The molecule has 0 fully saturated rings. The summed E-state index contributed by atoms with van der Waals surface area (Å²) < 4.78 is 0. The van der Waals surface area contributed by atoms with Crippen LogP contribution < -0.4 is 5.11 Å². The molecule has 0 saturated carbocycles. The summed E-state index contributed by atoms with van der Waals surface area (Å²) >= 11 is 5.44. The maximum absolute atomic E-state index is 10.4. The van der Waals surface area contributed by atoms with Gasteiger partial charge in [0.15, 0.2) is 0 Å². The van der Waals surface area contributed by atoms with E-state index < -0.39 is 21.6 Å². The van der Waals surface area contributed by atoms with E-state index in [9.17, 15) is 20.0 Å². The lowest BCUT2D eigenvalue weighted by Gasteiger charge is -2.03. The molecule has 1 aromatic rings. The number of nitro groups is 1. The van der Waals surface area contributed by atoms with Gasteiger partial charge in [-0.15, -0.1) is 0 Å². The minimum absolute atomic E-state index is 0.379. The summed E-state index contributed by atoms with van der Waals surface area (Å²) in [7, 11) is 0. The van der Waals surface area contributed by atoms with Crippen molar-refractivity contribution >= 4 is 23.3 Å². The highest BCUT2D eigenvalue weighted by Crippen LogP contribution is 2.26. The summed E-state index contributed by atoms with van der Waals surface area (Å²) in [6.45, 7) is 0. The average molecular weight is 201 g/mol. The average Bonchev–Trinajstić information content (AvgIpc) is 2.03. The van der Waals surface area contributed by atoms with Crippen molar-refractivity contribution < 1.29 is 14.8 Å². The topological polar surface area (TPSA) is 83.3 Å². The Balaban J connectivity index is 3.35. The van der Waals surface area contributed by atoms with Crippen molar-refractivity contribution in [2.75, 3.05) is 0 Å². The molecule has 0 aliphatic rings. The van der Waals surface area contributed by atoms with Crippen molar-refractivity contribution in [3.05, 3.63) is 38.9 Å². The lowest BCUT2D eigenvalue weighted by Crippen LogP contribution is -2.22. The second kappa shape index (κ2) is 3.40. The normalized spacial score (nSPS) is 9.62. The molecular formula is C7H3ClNO4-. The molecule has 1 aromatic carbocycles. The molecule has 0 aromatic heterocycles. The molecule has 0 radical (unpaired) electrons. The molecule has 68 valence electrons. The summed E-state index contributed by atoms with van der Waals surface area (Å²) in [6.07, 6.45) is 0. The zero-order chi connectivity index (χ0) is 10.0. The Morgan fingerprint density at radius 3 is 2.54 bits per heavy atom. The Bertz CT molecular complexity index is 345. The third-order valence-corrected chi connectivity index (χ3v) is 1.79. The van der Waals surface area contributed by atoms with Crippen LogP contribution in [0, 0.1) is 10.1 Å². The van der Waals surface area contributed by atoms with Crippen molar-refractivity contribution in [1.82, 2.24) is 0 Å².